The molecule has 0 fully saturated rings. The Kier molecular flexibility index (Phi) is 6.41. The maximum atomic E-state index is 13.4. The summed E-state index contributed by atoms with van der Waals surface area (Å²) in [5, 5.41) is 0. The Morgan fingerprint density at radius 3 is 2.36 bits per heavy atom. The molecule has 1 amide bonds. The van der Waals surface area contributed by atoms with Crippen LogP contribution < -0.4 is 9.64 Å². The van der Waals surface area contributed by atoms with Gasteiger partial charge >= 0.3 is 5.97 Å². The number of carbonyl (C=O) groups is 2. The van der Waals surface area contributed by atoms with E-state index in [1.165, 1.54) is 7.11 Å². The maximum absolute atomic E-state index is 13.4. The van der Waals surface area contributed by atoms with Crippen LogP contribution in [0.5, 0.6) is 5.75 Å². The van der Waals surface area contributed by atoms with Gasteiger partial charge in [0.15, 0.2) is 0 Å². The van der Waals surface area contributed by atoms with Crippen LogP contribution in [0.25, 0.3) is 6.08 Å². The van der Waals surface area contributed by atoms with Gasteiger partial charge in [0.2, 0.25) is 0 Å². The van der Waals surface area contributed by atoms with Crippen LogP contribution >= 0.6 is 0 Å². The van der Waals surface area contributed by atoms with Crippen molar-refractivity contribution in [3.63, 3.8) is 0 Å². The van der Waals surface area contributed by atoms with Gasteiger partial charge < -0.3 is 9.47 Å². The highest BCUT2D eigenvalue weighted by atomic mass is 16.5. The van der Waals surface area contributed by atoms with E-state index in [9.17, 15) is 9.59 Å². The molecule has 3 aromatic carbocycles. The Hall–Kier alpha value is -4.12. The fraction of sp³-hybridized carbons (Fsp3) is 0.143. The highest BCUT2D eigenvalue weighted by Crippen LogP contribution is 2.35. The molecular weight excluding hydrogens is 414 g/mol. The molecule has 3 aromatic rings. The lowest BCUT2D eigenvalue weighted by Gasteiger charge is -2.18. The second-order valence-electron chi connectivity index (χ2n) is 7.83. The van der Waals surface area contributed by atoms with E-state index in [4.69, 9.17) is 9.47 Å². The number of nitrogens with zero attached hydrogens (tertiary/aromatic N) is 1. The molecule has 33 heavy (non-hydrogen) atoms. The summed E-state index contributed by atoms with van der Waals surface area (Å²) >= 11 is 0. The molecule has 0 radical (unpaired) electrons. The van der Waals surface area contributed by atoms with Crippen LogP contribution in [-0.4, -0.2) is 19.0 Å². The molecule has 0 saturated heterocycles. The van der Waals surface area contributed by atoms with Crippen LogP contribution in [0.15, 0.2) is 95.7 Å². The van der Waals surface area contributed by atoms with Crippen molar-refractivity contribution in [2.24, 2.45) is 0 Å². The Morgan fingerprint density at radius 1 is 0.939 bits per heavy atom. The van der Waals surface area contributed by atoms with Gasteiger partial charge in [-0.2, -0.15) is 0 Å². The molecule has 0 bridgehead atoms. The third-order valence-electron chi connectivity index (χ3n) is 5.50. The Bertz CT molecular complexity index is 1240. The second kappa shape index (κ2) is 9.57. The number of aryl methyl sites for hydroxylation is 1. The van der Waals surface area contributed by atoms with Gasteiger partial charge in [0.25, 0.3) is 5.91 Å². The van der Waals surface area contributed by atoms with Crippen molar-refractivity contribution in [3.05, 3.63) is 112 Å². The molecule has 166 valence electrons. The second-order valence-corrected chi connectivity index (χ2v) is 7.83. The van der Waals surface area contributed by atoms with E-state index >= 15 is 0 Å². The lowest BCUT2D eigenvalue weighted by atomic mass is 10.0. The summed E-state index contributed by atoms with van der Waals surface area (Å²) in [6, 6.07) is 24.9. The zero-order chi connectivity index (χ0) is 23.4. The molecule has 5 heteroatoms. The fourth-order valence-corrected chi connectivity index (χ4v) is 3.79. The average Bonchev–Trinajstić information content (AvgIpc) is 3.08. The van der Waals surface area contributed by atoms with E-state index in [-0.39, 0.29) is 11.5 Å². The molecule has 0 unspecified atom stereocenters. The van der Waals surface area contributed by atoms with Crippen molar-refractivity contribution < 1.29 is 19.1 Å². The van der Waals surface area contributed by atoms with Gasteiger partial charge in [-0.3, -0.25) is 9.69 Å². The van der Waals surface area contributed by atoms with Gasteiger partial charge in [-0.25, -0.2) is 4.79 Å². The van der Waals surface area contributed by atoms with Gasteiger partial charge in [0, 0.05) is 11.4 Å². The monoisotopic (exact) mass is 439 g/mol. The van der Waals surface area contributed by atoms with E-state index < -0.39 is 5.97 Å². The molecule has 0 atom stereocenters. The molecule has 0 aromatic heterocycles. The van der Waals surface area contributed by atoms with E-state index in [1.54, 1.807) is 17.9 Å². The summed E-state index contributed by atoms with van der Waals surface area (Å²) in [5.74, 6) is -0.139. The minimum absolute atomic E-state index is 0.263. The SMILES string of the molecule is COC(=O)C1=C(C)N(c2ccc(C)cc2)C(=O)/C1=C\c1cccc(OCc2ccccc2)c1. The number of benzene rings is 3. The zero-order valence-corrected chi connectivity index (χ0v) is 18.9. The first-order valence-corrected chi connectivity index (χ1v) is 10.7. The van der Waals surface area contributed by atoms with Gasteiger partial charge in [0.1, 0.15) is 12.4 Å². The molecule has 0 saturated carbocycles. The number of allylic oxidation sites excluding steroid dienone is 1. The van der Waals surface area contributed by atoms with Crippen molar-refractivity contribution in [3.8, 4) is 5.75 Å². The predicted molar refractivity (Wildman–Crippen MR) is 129 cm³/mol. The number of anilines is 1. The van der Waals surface area contributed by atoms with Gasteiger partial charge in [0.05, 0.1) is 18.3 Å². The number of ether oxygens (including phenoxy) is 2. The number of rotatable bonds is 6. The van der Waals surface area contributed by atoms with Gasteiger partial charge in [-0.1, -0.05) is 60.2 Å². The van der Waals surface area contributed by atoms with Crippen molar-refractivity contribution in [2.45, 2.75) is 20.5 Å². The maximum Gasteiger partial charge on any atom is 0.340 e. The largest absolute Gasteiger partial charge is 0.489 e. The molecule has 5 nitrogen and oxygen atoms in total. The number of methoxy groups -OCH3 is 1. The average molecular weight is 440 g/mol. The minimum Gasteiger partial charge on any atom is -0.489 e. The normalized spacial score (nSPS) is 14.7. The lowest BCUT2D eigenvalue weighted by Crippen LogP contribution is -2.24. The van der Waals surface area contributed by atoms with Crippen LogP contribution in [0.1, 0.15) is 23.6 Å². The first-order chi connectivity index (χ1) is 16.0. The van der Waals surface area contributed by atoms with E-state index in [2.05, 4.69) is 0 Å². The molecule has 0 N–H and O–H groups in total. The smallest absolute Gasteiger partial charge is 0.340 e. The summed E-state index contributed by atoms with van der Waals surface area (Å²) in [7, 11) is 1.32. The first-order valence-electron chi connectivity index (χ1n) is 10.7. The highest BCUT2D eigenvalue weighted by Gasteiger charge is 2.37. The van der Waals surface area contributed by atoms with Gasteiger partial charge in [-0.15, -0.1) is 0 Å². The van der Waals surface area contributed by atoms with Crippen LogP contribution in [0.2, 0.25) is 0 Å². The summed E-state index contributed by atoms with van der Waals surface area (Å²) < 4.78 is 10.9. The quantitative estimate of drug-likeness (QED) is 0.379. The number of esters is 1. The van der Waals surface area contributed by atoms with E-state index in [0.717, 1.165) is 16.7 Å². The fourth-order valence-electron chi connectivity index (χ4n) is 3.79. The number of hydrogen-bond donors (Lipinski definition) is 0. The molecule has 1 aliphatic heterocycles. The molecule has 4 rings (SSSR count). The van der Waals surface area contributed by atoms with Crippen LogP contribution in [0, 0.1) is 6.92 Å². The minimum atomic E-state index is -0.543. The Balaban J connectivity index is 1.66. The van der Waals surface area contributed by atoms with Crippen LogP contribution in [0.4, 0.5) is 5.69 Å². The molecular formula is C28H25NO4. The zero-order valence-electron chi connectivity index (χ0n) is 18.9. The molecule has 1 aliphatic rings. The van der Waals surface area contributed by atoms with E-state index in [0.29, 0.717) is 29.3 Å². The summed E-state index contributed by atoms with van der Waals surface area (Å²) in [6.45, 7) is 4.17. The van der Waals surface area contributed by atoms with Crippen molar-refractivity contribution in [1.29, 1.82) is 0 Å². The first kappa shape index (κ1) is 22.1. The van der Waals surface area contributed by atoms with Crippen LogP contribution in [-0.2, 0) is 20.9 Å². The number of carbonyl (C=O) groups excluding carboxylic acids is 2. The molecule has 0 aliphatic carbocycles. The van der Waals surface area contributed by atoms with Crippen molar-refractivity contribution in [2.75, 3.05) is 12.0 Å². The van der Waals surface area contributed by atoms with E-state index in [1.807, 2.05) is 85.8 Å². The molecule has 0 spiro atoms. The summed E-state index contributed by atoms with van der Waals surface area (Å²) in [5.41, 5.74) is 4.70. The molecule has 1 heterocycles. The number of amides is 1. The van der Waals surface area contributed by atoms with Crippen molar-refractivity contribution >= 4 is 23.6 Å². The topological polar surface area (TPSA) is 55.8 Å². The van der Waals surface area contributed by atoms with Crippen LogP contribution in [0.3, 0.4) is 0 Å². The van der Waals surface area contributed by atoms with Gasteiger partial charge in [-0.05, 0) is 55.3 Å². The predicted octanol–water partition coefficient (Wildman–Crippen LogP) is 5.45. The summed E-state index contributed by atoms with van der Waals surface area (Å²) in [6.07, 6.45) is 1.71. The van der Waals surface area contributed by atoms with Crippen molar-refractivity contribution in [1.82, 2.24) is 0 Å². The third kappa shape index (κ3) is 4.72. The Labute approximate surface area is 193 Å². The third-order valence-corrected chi connectivity index (χ3v) is 5.50. The Morgan fingerprint density at radius 2 is 1.67 bits per heavy atom. The lowest BCUT2D eigenvalue weighted by molar-refractivity contribution is -0.136. The number of hydrogen-bond acceptors (Lipinski definition) is 4. The standard InChI is InChI=1S/C28H25NO4/c1-19-12-14-23(15-13-19)29-20(2)26(28(31)32-3)25(27(29)30)17-22-10-7-11-24(16-22)33-18-21-8-5-4-6-9-21/h4-17H,18H2,1-3H3/b25-17-. The summed E-state index contributed by atoms with van der Waals surface area (Å²) in [4.78, 5) is 27.6. The highest BCUT2D eigenvalue weighted by molar-refractivity contribution is 6.23.